The third-order valence-corrected chi connectivity index (χ3v) is 7.51. The van der Waals surface area contributed by atoms with E-state index in [2.05, 4.69) is 140 Å². The van der Waals surface area contributed by atoms with Crippen molar-refractivity contribution in [1.82, 2.24) is 9.55 Å². The molecule has 5 aromatic carbocycles. The second-order valence-corrected chi connectivity index (χ2v) is 10.8. The Hall–Kier alpha value is -4.89. The highest BCUT2D eigenvalue weighted by atomic mass is 16.3. The van der Waals surface area contributed by atoms with Gasteiger partial charge in [0.05, 0.1) is 22.3 Å². The van der Waals surface area contributed by atoms with Crippen molar-refractivity contribution in [2.75, 3.05) is 0 Å². The predicted octanol–water partition coefficient (Wildman–Crippen LogP) is 9.97. The number of rotatable bonds is 6. The van der Waals surface area contributed by atoms with Gasteiger partial charge in [0.15, 0.2) is 0 Å². The first-order valence-electron chi connectivity index (χ1n) is 13.9. The van der Waals surface area contributed by atoms with Crippen molar-refractivity contribution in [2.45, 2.75) is 20.3 Å². The molecule has 0 saturated carbocycles. The molecule has 2 aromatic heterocycles. The first-order valence-corrected chi connectivity index (χ1v) is 13.9. The molecule has 40 heavy (non-hydrogen) atoms. The standard InChI is InChI=1S/C37H30N2O/c1-25(2)22-26-20-21-31-32(24-40-35(31)23-26)37-38-33-18-9-10-19-34(33)39(37)36-29(27-12-5-3-6-13-27)16-11-17-30(36)28-14-7-4-8-15-28/h3-21,23-25H,22H2,1-2H3. The predicted molar refractivity (Wildman–Crippen MR) is 166 cm³/mol. The van der Waals surface area contributed by atoms with Gasteiger partial charge in [0.25, 0.3) is 0 Å². The lowest BCUT2D eigenvalue weighted by atomic mass is 9.95. The van der Waals surface area contributed by atoms with Gasteiger partial charge in [0.2, 0.25) is 0 Å². The van der Waals surface area contributed by atoms with E-state index in [-0.39, 0.29) is 0 Å². The maximum atomic E-state index is 6.19. The van der Waals surface area contributed by atoms with Crippen molar-refractivity contribution in [2.24, 2.45) is 5.92 Å². The van der Waals surface area contributed by atoms with E-state index in [0.29, 0.717) is 5.92 Å². The molecule has 0 saturated heterocycles. The fourth-order valence-electron chi connectivity index (χ4n) is 5.76. The number of imidazole rings is 1. The van der Waals surface area contributed by atoms with Crippen LogP contribution in [-0.2, 0) is 6.42 Å². The van der Waals surface area contributed by atoms with Gasteiger partial charge in [-0.05, 0) is 47.2 Å². The van der Waals surface area contributed by atoms with Crippen LogP contribution in [0.5, 0.6) is 0 Å². The van der Waals surface area contributed by atoms with E-state index < -0.39 is 0 Å². The van der Waals surface area contributed by atoms with Crippen LogP contribution in [0.2, 0.25) is 0 Å². The minimum atomic E-state index is 0.585. The molecule has 194 valence electrons. The molecule has 0 spiro atoms. The van der Waals surface area contributed by atoms with Gasteiger partial charge in [0.1, 0.15) is 17.7 Å². The number of benzene rings is 5. The topological polar surface area (TPSA) is 31.0 Å². The summed E-state index contributed by atoms with van der Waals surface area (Å²) in [6.45, 7) is 4.49. The van der Waals surface area contributed by atoms with Gasteiger partial charge in [-0.3, -0.25) is 4.57 Å². The van der Waals surface area contributed by atoms with Crippen molar-refractivity contribution in [3.05, 3.63) is 133 Å². The maximum Gasteiger partial charge on any atom is 0.149 e. The smallest absolute Gasteiger partial charge is 0.149 e. The molecule has 0 unspecified atom stereocenters. The molecule has 2 heterocycles. The Morgan fingerprint density at radius 3 is 2.00 bits per heavy atom. The average Bonchev–Trinajstić information content (AvgIpc) is 3.58. The number of hydrogen-bond acceptors (Lipinski definition) is 2. The molecule has 7 aromatic rings. The summed E-state index contributed by atoms with van der Waals surface area (Å²) < 4.78 is 8.51. The number of fused-ring (bicyclic) bond motifs is 2. The summed E-state index contributed by atoms with van der Waals surface area (Å²) in [5.41, 5.74) is 10.9. The Balaban J connectivity index is 1.55. The highest BCUT2D eigenvalue weighted by molar-refractivity contribution is 5.98. The summed E-state index contributed by atoms with van der Waals surface area (Å²) in [5, 5.41) is 1.07. The van der Waals surface area contributed by atoms with Gasteiger partial charge in [-0.15, -0.1) is 0 Å². The molecule has 0 N–H and O–H groups in total. The number of hydrogen-bond donors (Lipinski definition) is 0. The summed E-state index contributed by atoms with van der Waals surface area (Å²) in [6.07, 6.45) is 2.89. The van der Waals surface area contributed by atoms with Crippen LogP contribution in [0, 0.1) is 5.92 Å². The second kappa shape index (κ2) is 10.0. The summed E-state index contributed by atoms with van der Waals surface area (Å²) in [4.78, 5) is 5.22. The fourth-order valence-corrected chi connectivity index (χ4v) is 5.76. The highest BCUT2D eigenvalue weighted by Gasteiger charge is 2.23. The van der Waals surface area contributed by atoms with Crippen LogP contribution in [0.4, 0.5) is 0 Å². The van der Waals surface area contributed by atoms with Gasteiger partial charge in [-0.25, -0.2) is 4.98 Å². The van der Waals surface area contributed by atoms with Gasteiger partial charge in [-0.1, -0.05) is 117 Å². The monoisotopic (exact) mass is 518 g/mol. The van der Waals surface area contributed by atoms with Crippen LogP contribution in [-0.4, -0.2) is 9.55 Å². The quantitative estimate of drug-likeness (QED) is 0.219. The van der Waals surface area contributed by atoms with Crippen LogP contribution >= 0.6 is 0 Å². The van der Waals surface area contributed by atoms with E-state index >= 15 is 0 Å². The lowest BCUT2D eigenvalue weighted by Gasteiger charge is -2.19. The van der Waals surface area contributed by atoms with Crippen LogP contribution in [0.25, 0.3) is 61.3 Å². The van der Waals surface area contributed by atoms with Gasteiger partial charge in [-0.2, -0.15) is 0 Å². The average molecular weight is 519 g/mol. The van der Waals surface area contributed by atoms with E-state index in [1.165, 1.54) is 5.56 Å². The molecule has 0 aliphatic carbocycles. The lowest BCUT2D eigenvalue weighted by Crippen LogP contribution is -2.03. The largest absolute Gasteiger partial charge is 0.464 e. The summed E-state index contributed by atoms with van der Waals surface area (Å²) >= 11 is 0. The van der Waals surface area contributed by atoms with Gasteiger partial charge in [0, 0.05) is 16.5 Å². The van der Waals surface area contributed by atoms with Crippen LogP contribution < -0.4 is 0 Å². The van der Waals surface area contributed by atoms with Crippen LogP contribution in [0.3, 0.4) is 0 Å². The minimum absolute atomic E-state index is 0.585. The van der Waals surface area contributed by atoms with Gasteiger partial charge < -0.3 is 4.42 Å². The summed E-state index contributed by atoms with van der Waals surface area (Å²) in [6, 6.07) is 42.8. The number of aromatic nitrogens is 2. The Labute approximate surface area is 234 Å². The normalized spacial score (nSPS) is 11.6. The van der Waals surface area contributed by atoms with Crippen molar-refractivity contribution in [1.29, 1.82) is 0 Å². The van der Waals surface area contributed by atoms with Crippen LogP contribution in [0.15, 0.2) is 132 Å². The van der Waals surface area contributed by atoms with E-state index in [4.69, 9.17) is 9.40 Å². The lowest BCUT2D eigenvalue weighted by molar-refractivity contribution is 0.613. The van der Waals surface area contributed by atoms with E-state index in [0.717, 1.165) is 67.8 Å². The molecule has 0 radical (unpaired) electrons. The Morgan fingerprint density at radius 1 is 0.675 bits per heavy atom. The van der Waals surface area contributed by atoms with Crippen molar-refractivity contribution in [3.63, 3.8) is 0 Å². The van der Waals surface area contributed by atoms with Crippen LogP contribution in [0.1, 0.15) is 19.4 Å². The molecule has 0 atom stereocenters. The zero-order valence-corrected chi connectivity index (χ0v) is 22.7. The molecule has 0 amide bonds. The molecule has 0 fully saturated rings. The van der Waals surface area contributed by atoms with Crippen molar-refractivity contribution in [3.8, 4) is 39.3 Å². The molecule has 0 aliphatic rings. The zero-order valence-electron chi connectivity index (χ0n) is 22.7. The third-order valence-electron chi connectivity index (χ3n) is 7.51. The van der Waals surface area contributed by atoms with Crippen molar-refractivity contribution < 1.29 is 4.42 Å². The second-order valence-electron chi connectivity index (χ2n) is 10.8. The minimum Gasteiger partial charge on any atom is -0.464 e. The summed E-state index contributed by atoms with van der Waals surface area (Å²) in [7, 11) is 0. The first-order chi connectivity index (χ1) is 19.7. The SMILES string of the molecule is CC(C)Cc1ccc2c(-c3nc4ccccc4n3-c3c(-c4ccccc4)cccc3-c3ccccc3)coc2c1. The summed E-state index contributed by atoms with van der Waals surface area (Å²) in [5.74, 6) is 1.46. The zero-order chi connectivity index (χ0) is 27.1. The number of furan rings is 1. The Bertz CT molecular complexity index is 1890. The van der Waals surface area contributed by atoms with E-state index in [1.807, 2.05) is 6.26 Å². The van der Waals surface area contributed by atoms with Crippen molar-refractivity contribution >= 4 is 22.0 Å². The van der Waals surface area contributed by atoms with Gasteiger partial charge >= 0.3 is 0 Å². The molecular formula is C37H30N2O. The Morgan fingerprint density at radius 2 is 1.32 bits per heavy atom. The maximum absolute atomic E-state index is 6.19. The molecular weight excluding hydrogens is 488 g/mol. The molecule has 0 bridgehead atoms. The highest BCUT2D eigenvalue weighted by Crippen LogP contribution is 2.41. The number of para-hydroxylation sites is 3. The molecule has 3 heteroatoms. The first kappa shape index (κ1) is 24.2. The Kier molecular flexibility index (Phi) is 6.05. The fraction of sp³-hybridized carbons (Fsp3) is 0.108. The number of nitrogens with zero attached hydrogens (tertiary/aromatic N) is 2. The van der Waals surface area contributed by atoms with E-state index in [9.17, 15) is 0 Å². The molecule has 0 aliphatic heterocycles. The molecule has 7 rings (SSSR count). The third kappa shape index (κ3) is 4.20. The van der Waals surface area contributed by atoms with E-state index in [1.54, 1.807) is 0 Å². The molecule has 3 nitrogen and oxygen atoms in total.